The first-order valence-electron chi connectivity index (χ1n) is 8.77. The minimum Gasteiger partial charge on any atom is -0.481 e. The van der Waals surface area contributed by atoms with Crippen LogP contribution in [0.2, 0.25) is 0 Å². The minimum absolute atomic E-state index is 0.000249. The summed E-state index contributed by atoms with van der Waals surface area (Å²) in [6.07, 6.45) is -3.06. The summed E-state index contributed by atoms with van der Waals surface area (Å²) in [7, 11) is 0. The number of hydrogen-bond donors (Lipinski definition) is 2. The smallest absolute Gasteiger partial charge is 0.417 e. The maximum absolute atomic E-state index is 13.2. The normalized spacial score (nSPS) is 14.0. The molecule has 3 rings (SSSR count). The van der Waals surface area contributed by atoms with Crippen molar-refractivity contribution in [3.63, 3.8) is 0 Å². The van der Waals surface area contributed by atoms with Gasteiger partial charge in [-0.05, 0) is 31.0 Å². The maximum atomic E-state index is 13.2. The summed E-state index contributed by atoms with van der Waals surface area (Å²) in [6.45, 7) is 0.0947. The number of carboxylic acid groups (broad SMARTS) is 1. The van der Waals surface area contributed by atoms with Gasteiger partial charge in [-0.3, -0.25) is 4.79 Å². The fourth-order valence-electron chi connectivity index (χ4n) is 2.85. The van der Waals surface area contributed by atoms with E-state index in [0.717, 1.165) is 18.9 Å². The van der Waals surface area contributed by atoms with E-state index < -0.39 is 23.7 Å². The zero-order chi connectivity index (χ0) is 20.3. The van der Waals surface area contributed by atoms with Gasteiger partial charge in [0.1, 0.15) is 11.5 Å². The van der Waals surface area contributed by atoms with Gasteiger partial charge in [0.25, 0.3) is 0 Å². The van der Waals surface area contributed by atoms with Crippen LogP contribution in [0.1, 0.15) is 30.6 Å². The van der Waals surface area contributed by atoms with Crippen molar-refractivity contribution in [3.05, 3.63) is 47.7 Å². The Hall–Kier alpha value is -2.97. The first-order chi connectivity index (χ1) is 13.3. The van der Waals surface area contributed by atoms with Gasteiger partial charge in [-0.1, -0.05) is 18.2 Å². The molecule has 1 aromatic carbocycles. The molecule has 1 saturated carbocycles. The Balaban J connectivity index is 1.73. The van der Waals surface area contributed by atoms with Crippen LogP contribution in [-0.2, 0) is 17.5 Å². The first kappa shape index (κ1) is 19.8. The van der Waals surface area contributed by atoms with Crippen molar-refractivity contribution < 1.29 is 32.3 Å². The number of carbonyl (C=O) groups is 2. The monoisotopic (exact) mass is 396 g/mol. The van der Waals surface area contributed by atoms with Gasteiger partial charge in [0, 0.05) is 18.2 Å². The van der Waals surface area contributed by atoms with Crippen molar-refractivity contribution in [1.82, 2.24) is 10.2 Å². The molecule has 0 atom stereocenters. The highest BCUT2D eigenvalue weighted by Crippen LogP contribution is 2.38. The first-order valence-corrected chi connectivity index (χ1v) is 8.77. The van der Waals surface area contributed by atoms with Crippen molar-refractivity contribution in [2.45, 2.75) is 38.0 Å². The van der Waals surface area contributed by atoms with E-state index in [2.05, 4.69) is 5.32 Å². The van der Waals surface area contributed by atoms with Crippen LogP contribution >= 0.6 is 0 Å². The number of urea groups is 1. The average Bonchev–Trinajstić information content (AvgIpc) is 3.36. The van der Waals surface area contributed by atoms with Crippen molar-refractivity contribution in [3.8, 4) is 11.3 Å². The lowest BCUT2D eigenvalue weighted by Gasteiger charge is -2.21. The fourth-order valence-corrected chi connectivity index (χ4v) is 2.85. The second-order valence-electron chi connectivity index (χ2n) is 6.54. The van der Waals surface area contributed by atoms with E-state index in [1.54, 1.807) is 6.07 Å². The molecule has 1 aromatic heterocycles. The second-order valence-corrected chi connectivity index (χ2v) is 6.54. The molecule has 2 amide bonds. The molecule has 1 heterocycles. The Morgan fingerprint density at radius 3 is 2.54 bits per heavy atom. The van der Waals surface area contributed by atoms with Gasteiger partial charge < -0.3 is 19.7 Å². The number of aliphatic carboxylic acids is 1. The molecule has 6 nitrogen and oxygen atoms in total. The topological polar surface area (TPSA) is 82.8 Å². The number of benzene rings is 1. The number of rotatable bonds is 7. The molecular weight excluding hydrogens is 377 g/mol. The van der Waals surface area contributed by atoms with Crippen LogP contribution in [-0.4, -0.2) is 34.6 Å². The lowest BCUT2D eigenvalue weighted by Crippen LogP contribution is -2.41. The van der Waals surface area contributed by atoms with Gasteiger partial charge in [-0.25, -0.2) is 4.79 Å². The van der Waals surface area contributed by atoms with E-state index in [9.17, 15) is 22.8 Å². The van der Waals surface area contributed by atoms with Crippen LogP contribution in [0.4, 0.5) is 18.0 Å². The van der Waals surface area contributed by atoms with Gasteiger partial charge >= 0.3 is 18.2 Å². The molecule has 2 N–H and O–H groups in total. The van der Waals surface area contributed by atoms with E-state index in [1.165, 1.54) is 29.2 Å². The van der Waals surface area contributed by atoms with Gasteiger partial charge in [0.2, 0.25) is 0 Å². The molecule has 1 aliphatic carbocycles. The summed E-state index contributed by atoms with van der Waals surface area (Å²) in [5.74, 6) is -0.588. The number of nitrogens with one attached hydrogen (secondary N) is 1. The van der Waals surface area contributed by atoms with Crippen molar-refractivity contribution in [2.75, 3.05) is 6.54 Å². The predicted octanol–water partition coefficient (Wildman–Crippen LogP) is 4.11. The summed E-state index contributed by atoms with van der Waals surface area (Å²) in [5, 5.41) is 11.2. The summed E-state index contributed by atoms with van der Waals surface area (Å²) in [5.41, 5.74) is -0.855. The molecule has 28 heavy (non-hydrogen) atoms. The van der Waals surface area contributed by atoms with Crippen LogP contribution in [0.25, 0.3) is 11.3 Å². The SMILES string of the molecule is O=C(O)CCNC(=O)N(Cc1ccc(-c2ccccc2C(F)(F)F)o1)C1CC1. The summed E-state index contributed by atoms with van der Waals surface area (Å²) >= 11 is 0. The van der Waals surface area contributed by atoms with E-state index in [-0.39, 0.29) is 36.9 Å². The second kappa shape index (κ2) is 7.95. The average molecular weight is 396 g/mol. The Bertz CT molecular complexity index is 859. The Labute approximate surface area is 158 Å². The number of nitrogens with zero attached hydrogens (tertiary/aromatic N) is 1. The van der Waals surface area contributed by atoms with E-state index in [4.69, 9.17) is 9.52 Å². The fraction of sp³-hybridized carbons (Fsp3) is 0.368. The van der Waals surface area contributed by atoms with Crippen LogP contribution in [0.3, 0.4) is 0 Å². The van der Waals surface area contributed by atoms with Gasteiger partial charge in [-0.2, -0.15) is 13.2 Å². The van der Waals surface area contributed by atoms with Crippen LogP contribution in [0, 0.1) is 0 Å². The minimum atomic E-state index is -4.51. The lowest BCUT2D eigenvalue weighted by atomic mass is 10.1. The summed E-state index contributed by atoms with van der Waals surface area (Å²) < 4.78 is 45.2. The molecule has 2 aromatic rings. The zero-order valence-electron chi connectivity index (χ0n) is 14.8. The van der Waals surface area contributed by atoms with Crippen LogP contribution in [0.5, 0.6) is 0 Å². The number of carboxylic acids is 1. The number of hydrogen-bond acceptors (Lipinski definition) is 3. The highest BCUT2D eigenvalue weighted by molar-refractivity contribution is 5.76. The zero-order valence-corrected chi connectivity index (χ0v) is 14.8. The van der Waals surface area contributed by atoms with Crippen molar-refractivity contribution in [2.24, 2.45) is 0 Å². The highest BCUT2D eigenvalue weighted by Gasteiger charge is 2.35. The number of halogens is 3. The molecule has 0 spiro atoms. The standard InChI is InChI=1S/C19H19F3N2O4/c20-19(21,22)15-4-2-1-3-14(15)16-8-7-13(28-16)11-24(12-5-6-12)18(27)23-10-9-17(25)26/h1-4,7-8,12H,5-6,9-11H2,(H,23,27)(H,25,26). The van der Waals surface area contributed by atoms with Crippen molar-refractivity contribution in [1.29, 1.82) is 0 Å². The third kappa shape index (κ3) is 4.85. The van der Waals surface area contributed by atoms with E-state index >= 15 is 0 Å². The number of carbonyl (C=O) groups excluding carboxylic acids is 1. The van der Waals surface area contributed by atoms with Crippen molar-refractivity contribution >= 4 is 12.0 Å². The third-order valence-electron chi connectivity index (χ3n) is 4.35. The molecular formula is C19H19F3N2O4. The Kier molecular flexibility index (Phi) is 5.62. The molecule has 1 aliphatic rings. The van der Waals surface area contributed by atoms with Crippen LogP contribution < -0.4 is 5.32 Å². The highest BCUT2D eigenvalue weighted by atomic mass is 19.4. The lowest BCUT2D eigenvalue weighted by molar-refractivity contribution is -0.137. The molecule has 0 bridgehead atoms. The Morgan fingerprint density at radius 2 is 1.89 bits per heavy atom. The van der Waals surface area contributed by atoms with E-state index in [1.807, 2.05) is 0 Å². The van der Waals surface area contributed by atoms with Gasteiger partial charge in [0.15, 0.2) is 0 Å². The number of alkyl halides is 3. The maximum Gasteiger partial charge on any atom is 0.417 e. The predicted molar refractivity (Wildman–Crippen MR) is 93.4 cm³/mol. The molecule has 150 valence electrons. The summed E-state index contributed by atoms with van der Waals surface area (Å²) in [6, 6.07) is 7.73. The molecule has 0 saturated heterocycles. The number of furan rings is 1. The molecule has 9 heteroatoms. The van der Waals surface area contributed by atoms with Gasteiger partial charge in [0.05, 0.1) is 18.5 Å². The number of amides is 2. The molecule has 1 fully saturated rings. The Morgan fingerprint density at radius 1 is 1.18 bits per heavy atom. The molecule has 0 aliphatic heterocycles. The van der Waals surface area contributed by atoms with E-state index in [0.29, 0.717) is 5.76 Å². The van der Waals surface area contributed by atoms with Crippen LogP contribution in [0.15, 0.2) is 40.8 Å². The van der Waals surface area contributed by atoms with Gasteiger partial charge in [-0.15, -0.1) is 0 Å². The molecule has 0 radical (unpaired) electrons. The quantitative estimate of drug-likeness (QED) is 0.738. The molecule has 0 unspecified atom stereocenters. The third-order valence-corrected chi connectivity index (χ3v) is 4.35. The summed E-state index contributed by atoms with van der Waals surface area (Å²) in [4.78, 5) is 24.4. The largest absolute Gasteiger partial charge is 0.481 e.